The quantitative estimate of drug-likeness (QED) is 0.541. The standard InChI is InChI=1S/C10H20O2.C3H8O/c1-3-5-6-7-8-9-10(11)12-4-2;1-3(2)4/h3-9H2,1-2H3;3-4H,1-2H3. The molecule has 0 radical (unpaired) electrons. The van der Waals surface area contributed by atoms with E-state index in [1.807, 2.05) is 6.92 Å². The first-order chi connectivity index (χ1) is 7.54. The Kier molecular flexibility index (Phi) is 16.1. The first-order valence-corrected chi connectivity index (χ1v) is 6.38. The summed E-state index contributed by atoms with van der Waals surface area (Å²) in [6, 6.07) is 0. The molecular weight excluding hydrogens is 204 g/mol. The molecule has 0 fully saturated rings. The smallest absolute Gasteiger partial charge is 0.305 e. The molecule has 0 aromatic heterocycles. The molecule has 3 heteroatoms. The number of ether oxygens (including phenoxy) is 1. The number of aliphatic hydroxyl groups excluding tert-OH is 1. The van der Waals surface area contributed by atoms with E-state index in [1.54, 1.807) is 13.8 Å². The largest absolute Gasteiger partial charge is 0.466 e. The molecule has 0 aliphatic carbocycles. The van der Waals surface area contributed by atoms with E-state index in [-0.39, 0.29) is 12.1 Å². The maximum Gasteiger partial charge on any atom is 0.305 e. The van der Waals surface area contributed by atoms with Crippen molar-refractivity contribution in [2.24, 2.45) is 0 Å². The molecule has 16 heavy (non-hydrogen) atoms. The number of rotatable bonds is 7. The zero-order valence-corrected chi connectivity index (χ0v) is 11.3. The van der Waals surface area contributed by atoms with Gasteiger partial charge in [0.2, 0.25) is 0 Å². The summed E-state index contributed by atoms with van der Waals surface area (Å²) in [4.78, 5) is 10.9. The average Bonchev–Trinajstić information content (AvgIpc) is 2.17. The number of esters is 1. The summed E-state index contributed by atoms with van der Waals surface area (Å²) in [5, 5.41) is 8.06. The van der Waals surface area contributed by atoms with Crippen LogP contribution in [0.25, 0.3) is 0 Å². The molecule has 0 aliphatic rings. The topological polar surface area (TPSA) is 46.5 Å². The van der Waals surface area contributed by atoms with E-state index < -0.39 is 0 Å². The van der Waals surface area contributed by atoms with Gasteiger partial charge in [-0.1, -0.05) is 32.6 Å². The predicted octanol–water partition coefficient (Wildman–Crippen LogP) is 3.30. The predicted molar refractivity (Wildman–Crippen MR) is 67.4 cm³/mol. The van der Waals surface area contributed by atoms with Gasteiger partial charge in [-0.25, -0.2) is 0 Å². The zero-order valence-electron chi connectivity index (χ0n) is 11.3. The van der Waals surface area contributed by atoms with Gasteiger partial charge in [-0.05, 0) is 27.2 Å². The SMILES string of the molecule is CC(C)O.CCCCCCCC(=O)OCC. The lowest BCUT2D eigenvalue weighted by Crippen LogP contribution is -2.02. The van der Waals surface area contributed by atoms with Gasteiger partial charge in [-0.3, -0.25) is 4.79 Å². The van der Waals surface area contributed by atoms with Crippen molar-refractivity contribution in [2.45, 2.75) is 72.3 Å². The van der Waals surface area contributed by atoms with Crippen molar-refractivity contribution < 1.29 is 14.6 Å². The highest BCUT2D eigenvalue weighted by Gasteiger charge is 1.99. The molecule has 0 amide bonds. The molecule has 0 heterocycles. The van der Waals surface area contributed by atoms with Gasteiger partial charge in [0.25, 0.3) is 0 Å². The van der Waals surface area contributed by atoms with Gasteiger partial charge < -0.3 is 9.84 Å². The summed E-state index contributed by atoms with van der Waals surface area (Å²) < 4.78 is 4.81. The molecule has 0 aromatic rings. The highest BCUT2D eigenvalue weighted by atomic mass is 16.5. The normalized spacial score (nSPS) is 9.62. The van der Waals surface area contributed by atoms with Crippen molar-refractivity contribution in [1.29, 1.82) is 0 Å². The van der Waals surface area contributed by atoms with Crippen LogP contribution in [0.3, 0.4) is 0 Å². The monoisotopic (exact) mass is 232 g/mol. The minimum Gasteiger partial charge on any atom is -0.466 e. The van der Waals surface area contributed by atoms with Gasteiger partial charge in [-0.15, -0.1) is 0 Å². The second-order valence-corrected chi connectivity index (χ2v) is 4.06. The number of carbonyl (C=O) groups is 1. The fourth-order valence-electron chi connectivity index (χ4n) is 1.11. The molecule has 0 unspecified atom stereocenters. The number of aliphatic hydroxyl groups is 1. The van der Waals surface area contributed by atoms with Crippen LogP contribution >= 0.6 is 0 Å². The Balaban J connectivity index is 0. The van der Waals surface area contributed by atoms with Gasteiger partial charge in [-0.2, -0.15) is 0 Å². The van der Waals surface area contributed by atoms with Crippen molar-refractivity contribution in [3.05, 3.63) is 0 Å². The summed E-state index contributed by atoms with van der Waals surface area (Å²) in [6.45, 7) is 7.98. The number of hydrogen-bond donors (Lipinski definition) is 1. The van der Waals surface area contributed by atoms with Crippen LogP contribution in [-0.2, 0) is 9.53 Å². The van der Waals surface area contributed by atoms with Crippen molar-refractivity contribution in [3.63, 3.8) is 0 Å². The Morgan fingerprint density at radius 2 is 1.62 bits per heavy atom. The third-order valence-electron chi connectivity index (χ3n) is 1.79. The van der Waals surface area contributed by atoms with Crippen LogP contribution in [0.15, 0.2) is 0 Å². The van der Waals surface area contributed by atoms with Crippen molar-refractivity contribution >= 4 is 5.97 Å². The molecule has 3 nitrogen and oxygen atoms in total. The van der Waals surface area contributed by atoms with Gasteiger partial charge in [0.1, 0.15) is 0 Å². The summed E-state index contributed by atoms with van der Waals surface area (Å²) in [7, 11) is 0. The highest BCUT2D eigenvalue weighted by molar-refractivity contribution is 5.69. The first kappa shape index (κ1) is 17.8. The van der Waals surface area contributed by atoms with Gasteiger partial charge in [0.05, 0.1) is 6.61 Å². The Morgan fingerprint density at radius 3 is 2.06 bits per heavy atom. The maximum atomic E-state index is 10.9. The van der Waals surface area contributed by atoms with E-state index in [0.717, 1.165) is 12.8 Å². The average molecular weight is 232 g/mol. The van der Waals surface area contributed by atoms with E-state index in [9.17, 15) is 4.79 Å². The number of hydrogen-bond acceptors (Lipinski definition) is 3. The fraction of sp³-hybridized carbons (Fsp3) is 0.923. The molecule has 0 rings (SSSR count). The molecule has 0 saturated heterocycles. The molecular formula is C13H28O3. The van der Waals surface area contributed by atoms with Gasteiger partial charge in [0.15, 0.2) is 0 Å². The summed E-state index contributed by atoms with van der Waals surface area (Å²) in [5.41, 5.74) is 0. The summed E-state index contributed by atoms with van der Waals surface area (Å²) in [6.07, 6.45) is 6.35. The minimum absolute atomic E-state index is 0.0472. The van der Waals surface area contributed by atoms with E-state index in [2.05, 4.69) is 6.92 Å². The summed E-state index contributed by atoms with van der Waals surface area (Å²) >= 11 is 0. The molecule has 0 bridgehead atoms. The van der Waals surface area contributed by atoms with Crippen LogP contribution in [0.5, 0.6) is 0 Å². The Morgan fingerprint density at radius 1 is 1.12 bits per heavy atom. The maximum absolute atomic E-state index is 10.9. The van der Waals surface area contributed by atoms with Crippen LogP contribution in [0.4, 0.5) is 0 Å². The second kappa shape index (κ2) is 14.4. The van der Waals surface area contributed by atoms with Crippen LogP contribution in [0.1, 0.15) is 66.2 Å². The Labute approximate surface area is 100 Å². The number of unbranched alkanes of at least 4 members (excludes halogenated alkanes) is 4. The third-order valence-corrected chi connectivity index (χ3v) is 1.79. The first-order valence-electron chi connectivity index (χ1n) is 6.38. The van der Waals surface area contributed by atoms with Crippen molar-refractivity contribution in [3.8, 4) is 0 Å². The van der Waals surface area contributed by atoms with Crippen LogP contribution in [0.2, 0.25) is 0 Å². The lowest BCUT2D eigenvalue weighted by molar-refractivity contribution is -0.143. The lowest BCUT2D eigenvalue weighted by Gasteiger charge is -2.00. The van der Waals surface area contributed by atoms with E-state index >= 15 is 0 Å². The Hall–Kier alpha value is -0.570. The fourth-order valence-corrected chi connectivity index (χ4v) is 1.11. The highest BCUT2D eigenvalue weighted by Crippen LogP contribution is 2.05. The van der Waals surface area contributed by atoms with Gasteiger partial charge in [0, 0.05) is 12.5 Å². The molecule has 1 N–H and O–H groups in total. The number of carbonyl (C=O) groups excluding carboxylic acids is 1. The molecule has 0 aromatic carbocycles. The van der Waals surface area contributed by atoms with E-state index in [0.29, 0.717) is 13.0 Å². The molecule has 0 saturated carbocycles. The van der Waals surface area contributed by atoms with Gasteiger partial charge >= 0.3 is 5.97 Å². The van der Waals surface area contributed by atoms with E-state index in [4.69, 9.17) is 9.84 Å². The molecule has 0 aliphatic heterocycles. The van der Waals surface area contributed by atoms with Crippen LogP contribution < -0.4 is 0 Å². The molecule has 0 atom stereocenters. The molecule has 0 spiro atoms. The Bertz CT molecular complexity index is 141. The van der Waals surface area contributed by atoms with Crippen LogP contribution in [0, 0.1) is 0 Å². The van der Waals surface area contributed by atoms with Crippen molar-refractivity contribution in [2.75, 3.05) is 6.61 Å². The van der Waals surface area contributed by atoms with E-state index in [1.165, 1.54) is 19.3 Å². The second-order valence-electron chi connectivity index (χ2n) is 4.06. The van der Waals surface area contributed by atoms with Crippen molar-refractivity contribution in [1.82, 2.24) is 0 Å². The van der Waals surface area contributed by atoms with Crippen LogP contribution in [-0.4, -0.2) is 23.8 Å². The zero-order chi connectivity index (χ0) is 12.8. The summed E-state index contributed by atoms with van der Waals surface area (Å²) in [5.74, 6) is -0.0472. The minimum atomic E-state index is -0.167. The third kappa shape index (κ3) is 23.3. The molecule has 98 valence electrons. The lowest BCUT2D eigenvalue weighted by atomic mass is 10.1.